The Bertz CT molecular complexity index is 458. The van der Waals surface area contributed by atoms with E-state index in [0.29, 0.717) is 12.0 Å². The van der Waals surface area contributed by atoms with E-state index in [1.54, 1.807) is 26.1 Å². The highest BCUT2D eigenvalue weighted by molar-refractivity contribution is 5.84. The maximum absolute atomic E-state index is 11.9. The lowest BCUT2D eigenvalue weighted by Crippen LogP contribution is -2.50. The van der Waals surface area contributed by atoms with Crippen molar-refractivity contribution in [3.05, 3.63) is 0 Å². The minimum Gasteiger partial charge on any atom is -0.385 e. The maximum Gasteiger partial charge on any atom is 0.243 e. The average Bonchev–Trinajstić information content (AvgIpc) is 3.18. The lowest BCUT2D eigenvalue weighted by atomic mass is 10.0. The second-order valence-corrected chi connectivity index (χ2v) is 7.67. The van der Waals surface area contributed by atoms with E-state index in [0.717, 1.165) is 77.6 Å². The van der Waals surface area contributed by atoms with E-state index in [2.05, 4.69) is 20.5 Å². The first-order valence-electron chi connectivity index (χ1n) is 10.1. The number of rotatable bonds is 9. The van der Waals surface area contributed by atoms with Crippen LogP contribution in [0.4, 0.5) is 0 Å². The molecule has 2 fully saturated rings. The second kappa shape index (κ2) is 12.2. The first kappa shape index (κ1) is 21.9. The van der Waals surface area contributed by atoms with Crippen molar-refractivity contribution in [2.45, 2.75) is 31.7 Å². The Kier molecular flexibility index (Phi) is 9.86. The molecule has 2 N–H and O–H groups in total. The molecule has 1 amide bonds. The number of likely N-dealkylation sites (tertiary alicyclic amines) is 1. The van der Waals surface area contributed by atoms with Crippen molar-refractivity contribution in [3.63, 3.8) is 0 Å². The van der Waals surface area contributed by atoms with Gasteiger partial charge in [0.2, 0.25) is 5.91 Å². The van der Waals surface area contributed by atoms with Crippen LogP contribution in [0, 0.1) is 5.92 Å². The van der Waals surface area contributed by atoms with Gasteiger partial charge >= 0.3 is 0 Å². The lowest BCUT2D eigenvalue weighted by molar-refractivity contribution is -0.127. The molecule has 156 valence electrons. The van der Waals surface area contributed by atoms with Gasteiger partial charge in [0, 0.05) is 72.6 Å². The number of piperidine rings is 1. The van der Waals surface area contributed by atoms with Crippen LogP contribution in [0.5, 0.6) is 0 Å². The molecule has 0 aromatic heterocycles. The highest BCUT2D eigenvalue weighted by atomic mass is 16.5. The van der Waals surface area contributed by atoms with Crippen LogP contribution in [-0.4, -0.2) is 101 Å². The number of hydrogen-bond acceptors (Lipinski definition) is 5. The molecular weight excluding hydrogens is 346 g/mol. The molecule has 2 saturated heterocycles. The molecule has 0 radical (unpaired) electrons. The summed E-state index contributed by atoms with van der Waals surface area (Å²) in [7, 11) is 5.27. The van der Waals surface area contributed by atoms with Gasteiger partial charge in [0.15, 0.2) is 5.96 Å². The molecule has 0 aromatic rings. The highest BCUT2D eigenvalue weighted by Crippen LogP contribution is 2.12. The fourth-order valence-electron chi connectivity index (χ4n) is 3.35. The molecule has 8 heteroatoms. The molecule has 27 heavy (non-hydrogen) atoms. The third-order valence-electron chi connectivity index (χ3n) is 5.20. The number of nitrogens with zero attached hydrogens (tertiary/aromatic N) is 3. The summed E-state index contributed by atoms with van der Waals surface area (Å²) in [5.41, 5.74) is 0. The van der Waals surface area contributed by atoms with Crippen LogP contribution in [0.1, 0.15) is 25.7 Å². The van der Waals surface area contributed by atoms with E-state index in [1.807, 2.05) is 0 Å². The summed E-state index contributed by atoms with van der Waals surface area (Å²) < 4.78 is 10.6. The third kappa shape index (κ3) is 8.45. The van der Waals surface area contributed by atoms with Gasteiger partial charge in [-0.15, -0.1) is 0 Å². The summed E-state index contributed by atoms with van der Waals surface area (Å²) in [6, 6.07) is 0.393. The first-order valence-corrected chi connectivity index (χ1v) is 10.1. The molecule has 0 bridgehead atoms. The van der Waals surface area contributed by atoms with Gasteiger partial charge in [-0.25, -0.2) is 4.99 Å². The van der Waals surface area contributed by atoms with Gasteiger partial charge in [-0.2, -0.15) is 0 Å². The van der Waals surface area contributed by atoms with E-state index in [9.17, 15) is 4.79 Å². The van der Waals surface area contributed by atoms with Crippen LogP contribution in [0.2, 0.25) is 0 Å². The maximum atomic E-state index is 11.9. The molecule has 1 unspecified atom stereocenters. The summed E-state index contributed by atoms with van der Waals surface area (Å²) in [5.74, 6) is 1.27. The standard InChI is InChI=1S/C19H37N5O3/c1-23(2)18(25)14-21-19(20-13-16-7-12-27-15-16)22-17-5-9-24(10-6-17)8-4-11-26-3/h16-17H,4-15H2,1-3H3,(H2,20,21,22). The number of hydrogen-bond donors (Lipinski definition) is 2. The van der Waals surface area contributed by atoms with Crippen molar-refractivity contribution in [1.82, 2.24) is 20.4 Å². The Morgan fingerprint density at radius 2 is 2.07 bits per heavy atom. The normalized spacial score (nSPS) is 22.0. The lowest BCUT2D eigenvalue weighted by Gasteiger charge is -2.33. The van der Waals surface area contributed by atoms with Gasteiger partial charge in [0.1, 0.15) is 6.54 Å². The number of ether oxygens (including phenoxy) is 2. The number of nitrogens with one attached hydrogen (secondary N) is 2. The van der Waals surface area contributed by atoms with E-state index in [-0.39, 0.29) is 12.5 Å². The molecule has 0 spiro atoms. The summed E-state index contributed by atoms with van der Waals surface area (Å²) in [4.78, 5) is 20.5. The second-order valence-electron chi connectivity index (χ2n) is 7.67. The number of aliphatic imine (C=N–C) groups is 1. The third-order valence-corrected chi connectivity index (χ3v) is 5.20. The van der Waals surface area contributed by atoms with Crippen LogP contribution in [0.15, 0.2) is 4.99 Å². The SMILES string of the molecule is COCCCN1CCC(NC(=NCC(=O)N(C)C)NCC2CCOC2)CC1. The van der Waals surface area contributed by atoms with Crippen molar-refractivity contribution < 1.29 is 14.3 Å². The van der Waals surface area contributed by atoms with E-state index in [1.165, 1.54) is 0 Å². The van der Waals surface area contributed by atoms with E-state index in [4.69, 9.17) is 9.47 Å². The van der Waals surface area contributed by atoms with Gasteiger partial charge < -0.3 is 29.9 Å². The minimum atomic E-state index is 0.00765. The molecule has 0 aliphatic carbocycles. The number of methoxy groups -OCH3 is 1. The predicted molar refractivity (Wildman–Crippen MR) is 107 cm³/mol. The zero-order valence-electron chi connectivity index (χ0n) is 17.2. The van der Waals surface area contributed by atoms with Crippen molar-refractivity contribution in [2.75, 3.05) is 73.7 Å². The van der Waals surface area contributed by atoms with Crippen molar-refractivity contribution in [1.29, 1.82) is 0 Å². The highest BCUT2D eigenvalue weighted by Gasteiger charge is 2.21. The van der Waals surface area contributed by atoms with E-state index >= 15 is 0 Å². The van der Waals surface area contributed by atoms with Crippen molar-refractivity contribution in [3.8, 4) is 0 Å². The molecule has 0 saturated carbocycles. The predicted octanol–water partition coefficient (Wildman–Crippen LogP) is 0.147. The Labute approximate surface area is 163 Å². The van der Waals surface area contributed by atoms with Crippen LogP contribution in [0.3, 0.4) is 0 Å². The molecule has 2 aliphatic rings. The monoisotopic (exact) mass is 383 g/mol. The van der Waals surface area contributed by atoms with Crippen LogP contribution in [0.25, 0.3) is 0 Å². The fourth-order valence-corrected chi connectivity index (χ4v) is 3.35. The smallest absolute Gasteiger partial charge is 0.243 e. The van der Waals surface area contributed by atoms with Gasteiger partial charge in [-0.1, -0.05) is 0 Å². The molecule has 0 aromatic carbocycles. The molecule has 2 rings (SSSR count). The molecule has 2 heterocycles. The Balaban J connectivity index is 1.79. The number of carbonyl (C=O) groups excluding carboxylic acids is 1. The van der Waals surface area contributed by atoms with Crippen molar-refractivity contribution in [2.24, 2.45) is 10.9 Å². The summed E-state index contributed by atoms with van der Waals surface area (Å²) in [6.45, 7) is 6.73. The Morgan fingerprint density at radius 3 is 2.70 bits per heavy atom. The van der Waals surface area contributed by atoms with Crippen LogP contribution < -0.4 is 10.6 Å². The minimum absolute atomic E-state index is 0.00765. The van der Waals surface area contributed by atoms with Gasteiger partial charge in [0.05, 0.1) is 6.61 Å². The number of guanidine groups is 1. The Hall–Kier alpha value is -1.38. The quantitative estimate of drug-likeness (QED) is 0.335. The largest absolute Gasteiger partial charge is 0.385 e. The molecular formula is C19H37N5O3. The summed E-state index contributed by atoms with van der Waals surface area (Å²) in [6.07, 6.45) is 4.33. The van der Waals surface area contributed by atoms with Gasteiger partial charge in [0.25, 0.3) is 0 Å². The van der Waals surface area contributed by atoms with E-state index < -0.39 is 0 Å². The molecule has 1 atom stereocenters. The fraction of sp³-hybridized carbons (Fsp3) is 0.895. The van der Waals surface area contributed by atoms with Gasteiger partial charge in [-0.3, -0.25) is 4.79 Å². The topological polar surface area (TPSA) is 78.4 Å². The molecule has 8 nitrogen and oxygen atoms in total. The molecule has 2 aliphatic heterocycles. The van der Waals surface area contributed by atoms with Crippen LogP contribution >= 0.6 is 0 Å². The van der Waals surface area contributed by atoms with Crippen molar-refractivity contribution >= 4 is 11.9 Å². The zero-order valence-corrected chi connectivity index (χ0v) is 17.2. The average molecular weight is 384 g/mol. The van der Waals surface area contributed by atoms with Gasteiger partial charge in [-0.05, 0) is 25.7 Å². The summed E-state index contributed by atoms with van der Waals surface area (Å²) in [5, 5.41) is 6.95. The number of likely N-dealkylation sites (N-methyl/N-ethyl adjacent to an activating group) is 1. The number of carbonyl (C=O) groups is 1. The zero-order chi connectivity index (χ0) is 19.5. The van der Waals surface area contributed by atoms with Crippen LogP contribution in [-0.2, 0) is 14.3 Å². The first-order chi connectivity index (χ1) is 13.1. The Morgan fingerprint density at radius 1 is 1.30 bits per heavy atom. The summed E-state index contributed by atoms with van der Waals surface area (Å²) >= 11 is 0. The number of amides is 1.